The van der Waals surface area contributed by atoms with Gasteiger partial charge in [0.15, 0.2) is 0 Å². The lowest BCUT2D eigenvalue weighted by molar-refractivity contribution is 0.200. The third-order valence-electron chi connectivity index (χ3n) is 5.37. The fourth-order valence-electron chi connectivity index (χ4n) is 3.52. The predicted octanol–water partition coefficient (Wildman–Crippen LogP) is 7.17. The largest absolute Gasteiger partial charge is 0.412 e. The molecule has 0 unspecified atom stereocenters. The molecule has 7 heteroatoms. The summed E-state index contributed by atoms with van der Waals surface area (Å²) in [5, 5.41) is 3.81. The smallest absolute Gasteiger partial charge is 0.410 e. The molecule has 0 aliphatic rings. The van der Waals surface area contributed by atoms with E-state index in [1.807, 2.05) is 0 Å². The van der Waals surface area contributed by atoms with Gasteiger partial charge in [0, 0.05) is 12.6 Å². The van der Waals surface area contributed by atoms with Crippen LogP contribution in [0, 0.1) is 0 Å². The summed E-state index contributed by atoms with van der Waals surface area (Å²) in [5.41, 5.74) is 4.63. The number of rotatable bonds is 5. The topological polar surface area (TPSA) is 67.0 Å². The number of fused-ring (bicyclic) bond motifs is 1. The molecule has 0 radical (unpaired) electrons. The van der Waals surface area contributed by atoms with Crippen LogP contribution in [0.4, 0.5) is 4.79 Å². The molecule has 0 fully saturated rings. The Morgan fingerprint density at radius 1 is 1.03 bits per heavy atom. The van der Waals surface area contributed by atoms with Gasteiger partial charge in [-0.05, 0) is 47.2 Å². The number of hydrogen-bond acceptors (Lipinski definition) is 3. The van der Waals surface area contributed by atoms with Crippen molar-refractivity contribution in [3.8, 4) is 17.1 Å². The van der Waals surface area contributed by atoms with Crippen molar-refractivity contribution >= 4 is 40.3 Å². The van der Waals surface area contributed by atoms with E-state index >= 15 is 0 Å². The van der Waals surface area contributed by atoms with Crippen LogP contribution in [0.2, 0.25) is 10.0 Å². The number of H-pyrrole nitrogens is 1. The minimum absolute atomic E-state index is 0.122. The lowest BCUT2D eigenvalue weighted by Crippen LogP contribution is -2.28. The standard InChI is InChI=1S/C26H25Cl2N3O2/c1-26(2,3)17-9-7-16(8-10-17)13-14-29-25(32)33-18-11-12-21-22(15-18)31-24(30-21)23-19(27)5-4-6-20(23)28/h4-12,15H,13-14H2,1-3H3,(H,29,32)(H,30,31). The third kappa shape index (κ3) is 5.49. The highest BCUT2D eigenvalue weighted by molar-refractivity contribution is 6.39. The van der Waals surface area contributed by atoms with Gasteiger partial charge in [-0.2, -0.15) is 0 Å². The van der Waals surface area contributed by atoms with Crippen molar-refractivity contribution in [2.24, 2.45) is 0 Å². The maximum Gasteiger partial charge on any atom is 0.412 e. The molecular formula is C26H25Cl2N3O2. The molecule has 0 saturated carbocycles. The van der Waals surface area contributed by atoms with Crippen molar-refractivity contribution in [1.29, 1.82) is 0 Å². The van der Waals surface area contributed by atoms with Gasteiger partial charge in [0.1, 0.15) is 11.6 Å². The van der Waals surface area contributed by atoms with E-state index < -0.39 is 6.09 Å². The minimum Gasteiger partial charge on any atom is -0.410 e. The van der Waals surface area contributed by atoms with E-state index in [2.05, 4.69) is 60.3 Å². The van der Waals surface area contributed by atoms with Crippen molar-refractivity contribution in [1.82, 2.24) is 15.3 Å². The summed E-state index contributed by atoms with van der Waals surface area (Å²) in [4.78, 5) is 20.0. The van der Waals surface area contributed by atoms with E-state index in [4.69, 9.17) is 27.9 Å². The monoisotopic (exact) mass is 481 g/mol. The summed E-state index contributed by atoms with van der Waals surface area (Å²) >= 11 is 12.6. The van der Waals surface area contributed by atoms with E-state index in [-0.39, 0.29) is 5.41 Å². The third-order valence-corrected chi connectivity index (χ3v) is 6.00. The Bertz CT molecular complexity index is 1270. The Labute approximate surface area is 203 Å². The summed E-state index contributed by atoms with van der Waals surface area (Å²) < 4.78 is 5.44. The Morgan fingerprint density at radius 3 is 2.39 bits per heavy atom. The van der Waals surface area contributed by atoms with Crippen molar-refractivity contribution in [2.75, 3.05) is 6.54 Å². The van der Waals surface area contributed by atoms with Gasteiger partial charge in [-0.3, -0.25) is 0 Å². The van der Waals surface area contributed by atoms with Crippen molar-refractivity contribution in [2.45, 2.75) is 32.6 Å². The molecule has 1 amide bonds. The van der Waals surface area contributed by atoms with Crippen LogP contribution in [0.5, 0.6) is 5.75 Å². The Morgan fingerprint density at radius 2 is 1.73 bits per heavy atom. The van der Waals surface area contributed by atoms with Crippen molar-refractivity contribution in [3.05, 3.63) is 81.8 Å². The number of halogens is 2. The normalized spacial score (nSPS) is 11.5. The second-order valence-electron chi connectivity index (χ2n) is 8.87. The molecule has 0 aliphatic carbocycles. The lowest BCUT2D eigenvalue weighted by atomic mass is 9.86. The van der Waals surface area contributed by atoms with E-state index in [0.29, 0.717) is 44.8 Å². The number of aromatic amines is 1. The molecule has 3 aromatic carbocycles. The Hall–Kier alpha value is -3.02. The first-order valence-electron chi connectivity index (χ1n) is 10.7. The van der Waals surface area contributed by atoms with E-state index in [1.165, 1.54) is 5.56 Å². The second-order valence-corrected chi connectivity index (χ2v) is 9.69. The van der Waals surface area contributed by atoms with Crippen LogP contribution in [0.1, 0.15) is 31.9 Å². The van der Waals surface area contributed by atoms with Gasteiger partial charge in [-0.25, -0.2) is 9.78 Å². The van der Waals surface area contributed by atoms with Gasteiger partial charge >= 0.3 is 6.09 Å². The first kappa shape index (κ1) is 23.1. The average molecular weight is 482 g/mol. The van der Waals surface area contributed by atoms with E-state index in [1.54, 1.807) is 36.4 Å². The van der Waals surface area contributed by atoms with Crippen LogP contribution < -0.4 is 10.1 Å². The number of benzene rings is 3. The number of ether oxygens (including phenoxy) is 1. The average Bonchev–Trinajstić information content (AvgIpc) is 3.16. The minimum atomic E-state index is -0.505. The quantitative estimate of drug-likeness (QED) is 0.317. The zero-order valence-electron chi connectivity index (χ0n) is 18.7. The van der Waals surface area contributed by atoms with Gasteiger partial charge in [0.25, 0.3) is 0 Å². The zero-order chi connectivity index (χ0) is 23.6. The highest BCUT2D eigenvalue weighted by Gasteiger charge is 2.15. The molecule has 170 valence electrons. The number of aromatic nitrogens is 2. The maximum atomic E-state index is 12.2. The molecule has 1 aromatic heterocycles. The van der Waals surface area contributed by atoms with Gasteiger partial charge < -0.3 is 15.0 Å². The molecule has 0 atom stereocenters. The summed E-state index contributed by atoms with van der Waals surface area (Å²) in [6.07, 6.45) is 0.218. The number of nitrogens with zero attached hydrogens (tertiary/aromatic N) is 1. The van der Waals surface area contributed by atoms with Crippen LogP contribution in [-0.2, 0) is 11.8 Å². The SMILES string of the molecule is CC(C)(C)c1ccc(CCNC(=O)Oc2ccc3nc(-c4c(Cl)cccc4Cl)[nH]c3c2)cc1. The second kappa shape index (κ2) is 9.46. The molecule has 1 heterocycles. The van der Waals surface area contributed by atoms with Gasteiger partial charge in [-0.15, -0.1) is 0 Å². The van der Waals surface area contributed by atoms with Crippen molar-refractivity contribution in [3.63, 3.8) is 0 Å². The fourth-order valence-corrected chi connectivity index (χ4v) is 4.09. The molecule has 2 N–H and O–H groups in total. The maximum absolute atomic E-state index is 12.2. The van der Waals surface area contributed by atoms with Crippen LogP contribution in [-0.4, -0.2) is 22.6 Å². The van der Waals surface area contributed by atoms with Crippen molar-refractivity contribution < 1.29 is 9.53 Å². The summed E-state index contributed by atoms with van der Waals surface area (Å²) in [6.45, 7) is 7.04. The van der Waals surface area contributed by atoms with E-state index in [0.717, 1.165) is 12.0 Å². The molecular weight excluding hydrogens is 457 g/mol. The number of hydrogen-bond donors (Lipinski definition) is 2. The fraction of sp³-hybridized carbons (Fsp3) is 0.231. The van der Waals surface area contributed by atoms with Crippen LogP contribution in [0.3, 0.4) is 0 Å². The molecule has 33 heavy (non-hydrogen) atoms. The van der Waals surface area contributed by atoms with Crippen LogP contribution in [0.15, 0.2) is 60.7 Å². The molecule has 0 bridgehead atoms. The molecule has 4 aromatic rings. The van der Waals surface area contributed by atoms with Gasteiger partial charge in [-0.1, -0.05) is 74.3 Å². The number of imidazole rings is 1. The summed E-state index contributed by atoms with van der Waals surface area (Å²) in [6, 6.07) is 19.0. The summed E-state index contributed by atoms with van der Waals surface area (Å²) in [7, 11) is 0. The van der Waals surface area contributed by atoms with Crippen LogP contribution in [0.25, 0.3) is 22.4 Å². The zero-order valence-corrected chi connectivity index (χ0v) is 20.2. The number of carbonyl (C=O) groups excluding carboxylic acids is 1. The first-order chi connectivity index (χ1) is 15.7. The Kier molecular flexibility index (Phi) is 6.63. The molecule has 0 aliphatic heterocycles. The number of carbonyl (C=O) groups is 1. The number of nitrogens with one attached hydrogen (secondary N) is 2. The predicted molar refractivity (Wildman–Crippen MR) is 134 cm³/mol. The Balaban J connectivity index is 1.37. The summed E-state index contributed by atoms with van der Waals surface area (Å²) in [5.74, 6) is 0.967. The molecule has 0 spiro atoms. The molecule has 4 rings (SSSR count). The lowest BCUT2D eigenvalue weighted by Gasteiger charge is -2.19. The van der Waals surface area contributed by atoms with Gasteiger partial charge in [0.2, 0.25) is 0 Å². The number of amides is 1. The highest BCUT2D eigenvalue weighted by Crippen LogP contribution is 2.34. The molecule has 0 saturated heterocycles. The highest BCUT2D eigenvalue weighted by atomic mass is 35.5. The van der Waals surface area contributed by atoms with Gasteiger partial charge in [0.05, 0.1) is 26.6 Å². The first-order valence-corrected chi connectivity index (χ1v) is 11.5. The van der Waals surface area contributed by atoms with Crippen LogP contribution >= 0.6 is 23.2 Å². The van der Waals surface area contributed by atoms with E-state index in [9.17, 15) is 4.79 Å². The molecule has 5 nitrogen and oxygen atoms in total.